The normalized spacial score (nSPS) is 15.6. The highest BCUT2D eigenvalue weighted by molar-refractivity contribution is 5.92. The average molecular weight is 353 g/mol. The average Bonchev–Trinajstić information content (AvgIpc) is 2.66. The summed E-state index contributed by atoms with van der Waals surface area (Å²) in [5, 5.41) is 2.97. The Morgan fingerprint density at radius 2 is 1.54 bits per heavy atom. The van der Waals surface area contributed by atoms with Crippen LogP contribution in [0.25, 0.3) is 0 Å². The van der Waals surface area contributed by atoms with E-state index in [-0.39, 0.29) is 5.91 Å². The van der Waals surface area contributed by atoms with Crippen molar-refractivity contribution in [2.45, 2.75) is 13.3 Å². The Kier molecular flexibility index (Phi) is 6.63. The van der Waals surface area contributed by atoms with Gasteiger partial charge in [0.15, 0.2) is 0 Å². The maximum Gasteiger partial charge on any atom is 0.238 e. The SMILES string of the molecule is CCCN1CCN(CC(=O)Nc2ccc(Oc3ccccc3)cc2)CC1. The molecule has 0 saturated carbocycles. The third-order valence-corrected chi connectivity index (χ3v) is 4.49. The molecule has 5 nitrogen and oxygen atoms in total. The molecular weight excluding hydrogens is 326 g/mol. The summed E-state index contributed by atoms with van der Waals surface area (Å²) in [6.07, 6.45) is 1.18. The van der Waals surface area contributed by atoms with E-state index in [1.165, 1.54) is 6.42 Å². The van der Waals surface area contributed by atoms with Gasteiger partial charge in [0.1, 0.15) is 11.5 Å². The summed E-state index contributed by atoms with van der Waals surface area (Å²) in [5.74, 6) is 1.58. The number of anilines is 1. The monoisotopic (exact) mass is 353 g/mol. The first kappa shape index (κ1) is 18.4. The van der Waals surface area contributed by atoms with E-state index in [1.54, 1.807) is 0 Å². The van der Waals surface area contributed by atoms with Crippen LogP contribution >= 0.6 is 0 Å². The summed E-state index contributed by atoms with van der Waals surface area (Å²) < 4.78 is 5.76. The van der Waals surface area contributed by atoms with Crippen LogP contribution in [0.4, 0.5) is 5.69 Å². The first-order valence-corrected chi connectivity index (χ1v) is 9.30. The van der Waals surface area contributed by atoms with Crippen molar-refractivity contribution in [3.8, 4) is 11.5 Å². The summed E-state index contributed by atoms with van der Waals surface area (Å²) in [6, 6.07) is 17.1. The van der Waals surface area contributed by atoms with Crippen LogP contribution in [-0.2, 0) is 4.79 Å². The molecule has 2 aromatic rings. The largest absolute Gasteiger partial charge is 0.457 e. The number of ether oxygens (including phenoxy) is 1. The van der Waals surface area contributed by atoms with Crippen molar-refractivity contribution in [3.05, 3.63) is 54.6 Å². The molecule has 0 aliphatic carbocycles. The van der Waals surface area contributed by atoms with Gasteiger partial charge >= 0.3 is 0 Å². The topological polar surface area (TPSA) is 44.8 Å². The van der Waals surface area contributed by atoms with Crippen molar-refractivity contribution in [2.24, 2.45) is 0 Å². The van der Waals surface area contributed by atoms with E-state index >= 15 is 0 Å². The number of piperazine rings is 1. The summed E-state index contributed by atoms with van der Waals surface area (Å²) in [6.45, 7) is 7.81. The number of amides is 1. The molecule has 2 aromatic carbocycles. The molecule has 3 rings (SSSR count). The quantitative estimate of drug-likeness (QED) is 0.828. The Morgan fingerprint density at radius 3 is 2.19 bits per heavy atom. The van der Waals surface area contributed by atoms with Gasteiger partial charge in [0, 0.05) is 31.9 Å². The van der Waals surface area contributed by atoms with Crippen molar-refractivity contribution < 1.29 is 9.53 Å². The minimum absolute atomic E-state index is 0.0330. The molecule has 0 atom stereocenters. The molecule has 26 heavy (non-hydrogen) atoms. The molecule has 0 unspecified atom stereocenters. The van der Waals surface area contributed by atoms with Crippen LogP contribution in [0.15, 0.2) is 54.6 Å². The number of hydrogen-bond acceptors (Lipinski definition) is 4. The lowest BCUT2D eigenvalue weighted by Gasteiger charge is -2.34. The van der Waals surface area contributed by atoms with Crippen LogP contribution in [0.3, 0.4) is 0 Å². The number of hydrogen-bond donors (Lipinski definition) is 1. The molecule has 1 N–H and O–H groups in total. The number of nitrogens with one attached hydrogen (secondary N) is 1. The highest BCUT2D eigenvalue weighted by Crippen LogP contribution is 2.22. The van der Waals surface area contributed by atoms with Crippen molar-refractivity contribution >= 4 is 11.6 Å². The van der Waals surface area contributed by atoms with Gasteiger partial charge in [-0.15, -0.1) is 0 Å². The molecule has 5 heteroatoms. The molecular formula is C21H27N3O2. The van der Waals surface area contributed by atoms with Crippen LogP contribution in [0.2, 0.25) is 0 Å². The lowest BCUT2D eigenvalue weighted by Crippen LogP contribution is -2.48. The van der Waals surface area contributed by atoms with Crippen molar-refractivity contribution in [1.29, 1.82) is 0 Å². The number of benzene rings is 2. The molecule has 1 saturated heterocycles. The van der Waals surface area contributed by atoms with Gasteiger partial charge < -0.3 is 15.0 Å². The zero-order chi connectivity index (χ0) is 18.2. The van der Waals surface area contributed by atoms with Gasteiger partial charge in [0.25, 0.3) is 0 Å². The van der Waals surface area contributed by atoms with Gasteiger partial charge in [-0.2, -0.15) is 0 Å². The Balaban J connectivity index is 1.44. The van der Waals surface area contributed by atoms with Crippen molar-refractivity contribution in [3.63, 3.8) is 0 Å². The second-order valence-electron chi connectivity index (χ2n) is 6.61. The molecule has 0 spiro atoms. The van der Waals surface area contributed by atoms with Gasteiger partial charge in [-0.25, -0.2) is 0 Å². The fourth-order valence-corrected chi connectivity index (χ4v) is 3.12. The number of carbonyl (C=O) groups excluding carboxylic acids is 1. The van der Waals surface area contributed by atoms with Gasteiger partial charge in [-0.3, -0.25) is 9.69 Å². The Morgan fingerprint density at radius 1 is 0.923 bits per heavy atom. The molecule has 1 aliphatic rings. The van der Waals surface area contributed by atoms with E-state index in [0.29, 0.717) is 6.54 Å². The van der Waals surface area contributed by atoms with Crippen LogP contribution in [0.1, 0.15) is 13.3 Å². The van der Waals surface area contributed by atoms with E-state index in [4.69, 9.17) is 4.74 Å². The highest BCUT2D eigenvalue weighted by Gasteiger charge is 2.18. The Labute approximate surface area is 155 Å². The zero-order valence-corrected chi connectivity index (χ0v) is 15.4. The van der Waals surface area contributed by atoms with Gasteiger partial charge in [-0.1, -0.05) is 25.1 Å². The third kappa shape index (κ3) is 5.58. The predicted octanol–water partition coefficient (Wildman–Crippen LogP) is 3.45. The number of rotatable bonds is 7. The van der Waals surface area contributed by atoms with Crippen LogP contribution in [0, 0.1) is 0 Å². The van der Waals surface area contributed by atoms with Crippen molar-refractivity contribution in [1.82, 2.24) is 9.80 Å². The van der Waals surface area contributed by atoms with Gasteiger partial charge in [0.05, 0.1) is 6.54 Å². The summed E-state index contributed by atoms with van der Waals surface area (Å²) in [4.78, 5) is 16.9. The van der Waals surface area contributed by atoms with E-state index in [1.807, 2.05) is 54.6 Å². The molecule has 0 aromatic heterocycles. The second kappa shape index (κ2) is 9.36. The predicted molar refractivity (Wildman–Crippen MR) is 105 cm³/mol. The van der Waals surface area contributed by atoms with Crippen LogP contribution in [0.5, 0.6) is 11.5 Å². The summed E-state index contributed by atoms with van der Waals surface area (Å²) in [7, 11) is 0. The van der Waals surface area contributed by atoms with E-state index in [0.717, 1.165) is 49.9 Å². The standard InChI is InChI=1S/C21H27N3O2/c1-2-12-23-13-15-24(16-14-23)17-21(25)22-18-8-10-20(11-9-18)26-19-6-4-3-5-7-19/h3-11H,2,12-17H2,1H3,(H,22,25). The van der Waals surface area contributed by atoms with Crippen LogP contribution < -0.4 is 10.1 Å². The van der Waals surface area contributed by atoms with Crippen LogP contribution in [-0.4, -0.2) is 55.0 Å². The molecule has 138 valence electrons. The smallest absolute Gasteiger partial charge is 0.238 e. The molecule has 1 heterocycles. The zero-order valence-electron chi connectivity index (χ0n) is 15.4. The lowest BCUT2D eigenvalue weighted by atomic mass is 10.2. The Bertz CT molecular complexity index is 680. The minimum Gasteiger partial charge on any atom is -0.457 e. The summed E-state index contributed by atoms with van der Waals surface area (Å²) >= 11 is 0. The van der Waals surface area contributed by atoms with E-state index < -0.39 is 0 Å². The highest BCUT2D eigenvalue weighted by atomic mass is 16.5. The number of para-hydroxylation sites is 1. The van der Waals surface area contributed by atoms with Gasteiger partial charge in [-0.05, 0) is 49.4 Å². The van der Waals surface area contributed by atoms with E-state index in [9.17, 15) is 4.79 Å². The van der Waals surface area contributed by atoms with Gasteiger partial charge in [0.2, 0.25) is 5.91 Å². The fraction of sp³-hybridized carbons (Fsp3) is 0.381. The first-order chi connectivity index (χ1) is 12.7. The number of nitrogens with zero attached hydrogens (tertiary/aromatic N) is 2. The Hall–Kier alpha value is -2.37. The fourth-order valence-electron chi connectivity index (χ4n) is 3.12. The summed E-state index contributed by atoms with van der Waals surface area (Å²) in [5.41, 5.74) is 0.792. The second-order valence-corrected chi connectivity index (χ2v) is 6.61. The molecule has 0 radical (unpaired) electrons. The number of carbonyl (C=O) groups is 1. The molecule has 0 bridgehead atoms. The van der Waals surface area contributed by atoms with E-state index in [2.05, 4.69) is 22.0 Å². The minimum atomic E-state index is 0.0330. The molecule has 1 fully saturated rings. The maximum absolute atomic E-state index is 12.3. The molecule has 1 aliphatic heterocycles. The maximum atomic E-state index is 12.3. The third-order valence-electron chi connectivity index (χ3n) is 4.49. The van der Waals surface area contributed by atoms with Crippen molar-refractivity contribution in [2.75, 3.05) is 44.6 Å². The first-order valence-electron chi connectivity index (χ1n) is 9.30. The lowest BCUT2D eigenvalue weighted by molar-refractivity contribution is -0.117. The molecule has 1 amide bonds.